The minimum atomic E-state index is -2.22. The Labute approximate surface area is 542 Å². The van der Waals surface area contributed by atoms with Crippen LogP contribution in [0.3, 0.4) is 0 Å². The van der Waals surface area contributed by atoms with Gasteiger partial charge in [0, 0.05) is 0 Å². The molecule has 0 spiro atoms. The third-order valence-corrected chi connectivity index (χ3v) is 12.2. The van der Waals surface area contributed by atoms with Crippen molar-refractivity contribution in [3.8, 4) is 0 Å². The molecule has 27 heteroatoms. The Morgan fingerprint density at radius 1 is 0.295 bits per heavy atom. The summed E-state index contributed by atoms with van der Waals surface area (Å²) in [5, 5.41) is 144. The second-order valence-corrected chi connectivity index (χ2v) is 18.9. The third-order valence-electron chi connectivity index (χ3n) is 12.2. The van der Waals surface area contributed by atoms with E-state index in [9.17, 15) is 69.0 Å². The number of hydrogen-bond acceptors (Lipinski definition) is 19. The van der Waals surface area contributed by atoms with E-state index in [0.717, 1.165) is 0 Å². The second kappa shape index (κ2) is 43.8. The van der Waals surface area contributed by atoms with Crippen LogP contribution in [0.4, 0.5) is 0 Å². The van der Waals surface area contributed by atoms with E-state index in [1.165, 1.54) is 0 Å². The van der Waals surface area contributed by atoms with Crippen LogP contribution in [-0.2, 0) is 14.2 Å². The third kappa shape index (κ3) is 29.5. The predicted molar refractivity (Wildman–Crippen MR) is 336 cm³/mol. The summed E-state index contributed by atoms with van der Waals surface area (Å²) in [4.78, 5) is 81.6. The molecule has 2 fully saturated rings. The van der Waals surface area contributed by atoms with Crippen molar-refractivity contribution in [2.45, 2.75) is 54.8 Å². The van der Waals surface area contributed by atoms with E-state index >= 15 is 0 Å². The van der Waals surface area contributed by atoms with Crippen molar-refractivity contribution in [2.75, 3.05) is 19.8 Å². The molecule has 0 aromatic heterocycles. The SMILES string of the molecule is O=C(O)c1ccccc1.O=C(O)c1ccccc1.O=C(O)c1ccccc1.O=C(O)c1ccccc1.O=C(O)c1ccccc1.O=C(O)c1ccccc1.O=C(O)c1ccccc1.O=C(O)c1ccccc1.OC[C@H]1O[C@@](CO)(O[C@H]2O[C@H](CO)[C@@H](O)[C@H](O)[C@H]2O)[C@@H](O)[C@@H]1O. The van der Waals surface area contributed by atoms with E-state index < -0.39 is 122 Å². The van der Waals surface area contributed by atoms with Gasteiger partial charge in [0.15, 0.2) is 6.29 Å². The van der Waals surface area contributed by atoms with E-state index in [1.807, 2.05) is 0 Å². The summed E-state index contributed by atoms with van der Waals surface area (Å²) in [5.41, 5.74) is 2.65. The molecular weight excluding hydrogens is 1250 g/mol. The number of aromatic carboxylic acids is 8. The molecule has 0 aliphatic carbocycles. The predicted octanol–water partition coefficient (Wildman–Crippen LogP) is 5.68. The Morgan fingerprint density at radius 2 is 0.495 bits per heavy atom. The first kappa shape index (κ1) is 80.2. The molecule has 0 amide bonds. The first-order valence-corrected chi connectivity index (χ1v) is 27.8. The number of rotatable bonds is 13. The fraction of sp³-hybridized carbons (Fsp3) is 0.176. The first-order valence-electron chi connectivity index (χ1n) is 27.8. The van der Waals surface area contributed by atoms with Crippen molar-refractivity contribution >= 4 is 47.8 Å². The summed E-state index contributed by atoms with van der Waals surface area (Å²) >= 11 is 0. The van der Waals surface area contributed by atoms with E-state index in [4.69, 9.17) is 65.3 Å². The maximum absolute atomic E-state index is 10.2. The van der Waals surface area contributed by atoms with Crippen molar-refractivity contribution in [3.05, 3.63) is 287 Å². The van der Waals surface area contributed by atoms with Gasteiger partial charge in [-0.15, -0.1) is 0 Å². The van der Waals surface area contributed by atoms with E-state index in [1.54, 1.807) is 243 Å². The highest BCUT2D eigenvalue weighted by Crippen LogP contribution is 2.36. The van der Waals surface area contributed by atoms with Crippen LogP contribution in [0.5, 0.6) is 0 Å². The van der Waals surface area contributed by atoms with Crippen molar-refractivity contribution in [1.82, 2.24) is 0 Å². The molecule has 8 aromatic rings. The molecule has 8 aromatic carbocycles. The fourth-order valence-corrected chi connectivity index (χ4v) is 7.28. The van der Waals surface area contributed by atoms with Crippen LogP contribution in [0.2, 0.25) is 0 Å². The molecule has 0 unspecified atom stereocenters. The van der Waals surface area contributed by atoms with Crippen molar-refractivity contribution in [1.29, 1.82) is 0 Å². The van der Waals surface area contributed by atoms with Gasteiger partial charge in [-0.2, -0.15) is 0 Å². The zero-order chi connectivity index (χ0) is 70.9. The van der Waals surface area contributed by atoms with Gasteiger partial charge in [0.1, 0.15) is 49.3 Å². The zero-order valence-corrected chi connectivity index (χ0v) is 50.0. The molecule has 2 saturated heterocycles. The monoisotopic (exact) mass is 1320 g/mol. The lowest BCUT2D eigenvalue weighted by atomic mass is 9.99. The number of ether oxygens (including phenoxy) is 3. The molecular formula is C68H70O27. The topological polar surface area (TPSA) is 488 Å². The van der Waals surface area contributed by atoms with Gasteiger partial charge in [-0.05, 0) is 97.1 Å². The van der Waals surface area contributed by atoms with Gasteiger partial charge in [-0.3, -0.25) is 0 Å². The van der Waals surface area contributed by atoms with Crippen LogP contribution < -0.4 is 0 Å². The van der Waals surface area contributed by atoms with Crippen LogP contribution >= 0.6 is 0 Å². The number of hydrogen-bond donors (Lipinski definition) is 16. The lowest BCUT2D eigenvalue weighted by Gasteiger charge is -2.43. The molecule has 504 valence electrons. The Kier molecular flexibility index (Phi) is 36.9. The fourth-order valence-electron chi connectivity index (χ4n) is 7.28. The Balaban J connectivity index is 0.000000375. The minimum Gasteiger partial charge on any atom is -0.478 e. The van der Waals surface area contributed by atoms with E-state index in [-0.39, 0.29) is 0 Å². The van der Waals surface area contributed by atoms with E-state index in [0.29, 0.717) is 44.5 Å². The number of carboxylic acid groups (broad SMARTS) is 8. The summed E-state index contributed by atoms with van der Waals surface area (Å²) in [7, 11) is 0. The van der Waals surface area contributed by atoms with Crippen LogP contribution in [0.1, 0.15) is 82.9 Å². The highest BCUT2D eigenvalue weighted by molar-refractivity contribution is 5.90. The molecule has 0 radical (unpaired) electrons. The number of carbonyl (C=O) groups is 8. The molecule has 10 rings (SSSR count). The molecule has 27 nitrogen and oxygen atoms in total. The lowest BCUT2D eigenvalue weighted by molar-refractivity contribution is -0.383. The first-order chi connectivity index (χ1) is 45.2. The quantitative estimate of drug-likeness (QED) is 0.0659. The summed E-state index contributed by atoms with van der Waals surface area (Å²) in [6, 6.07) is 66.4. The largest absolute Gasteiger partial charge is 0.478 e. The molecule has 16 N–H and O–H groups in total. The molecule has 2 aliphatic heterocycles. The van der Waals surface area contributed by atoms with Crippen molar-refractivity contribution in [2.24, 2.45) is 0 Å². The molecule has 2 aliphatic rings. The summed E-state index contributed by atoms with van der Waals surface area (Å²) in [6.45, 7) is -2.32. The average molecular weight is 1320 g/mol. The highest BCUT2D eigenvalue weighted by atomic mass is 16.8. The maximum Gasteiger partial charge on any atom is 0.335 e. The van der Waals surface area contributed by atoms with Crippen LogP contribution in [0.15, 0.2) is 243 Å². The van der Waals surface area contributed by atoms with Crippen molar-refractivity contribution < 1.29 is 134 Å². The van der Waals surface area contributed by atoms with Crippen LogP contribution in [0, 0.1) is 0 Å². The van der Waals surface area contributed by atoms with Gasteiger partial charge in [-0.1, -0.05) is 146 Å². The van der Waals surface area contributed by atoms with Gasteiger partial charge >= 0.3 is 47.8 Å². The lowest BCUT2D eigenvalue weighted by Crippen LogP contribution is -2.62. The van der Waals surface area contributed by atoms with E-state index in [2.05, 4.69) is 0 Å². The smallest absolute Gasteiger partial charge is 0.335 e. The summed E-state index contributed by atoms with van der Waals surface area (Å²) in [6.07, 6.45) is -12.7. The zero-order valence-electron chi connectivity index (χ0n) is 50.0. The standard InChI is InChI=1S/C12H22O11.8C7H6O2/c13-1-4-6(16)8(18)9(19)11(21-4)23-12(3-15)10(20)7(17)5(2-14)22-12;8*8-7(9)6-4-2-1-3-5-6/h4-11,13-20H,1-3H2;8*1-5H,(H,8,9)/t4-,5-,6-,7-,8+,9-,10+,11-,12+;;;;;;;;/m1......../s1. The average Bonchev–Trinajstić information content (AvgIpc) is 1.69. The number of carboxylic acids is 8. The number of benzene rings is 8. The second-order valence-electron chi connectivity index (χ2n) is 18.9. The van der Waals surface area contributed by atoms with Crippen molar-refractivity contribution in [3.63, 3.8) is 0 Å². The molecule has 9 atom stereocenters. The van der Waals surface area contributed by atoms with Gasteiger partial charge in [0.25, 0.3) is 0 Å². The summed E-state index contributed by atoms with van der Waals surface area (Å²) < 4.78 is 15.4. The number of aliphatic hydroxyl groups is 8. The molecule has 0 saturated carbocycles. The van der Waals surface area contributed by atoms with Gasteiger partial charge < -0.3 is 95.9 Å². The van der Waals surface area contributed by atoms with Crippen LogP contribution in [0.25, 0.3) is 0 Å². The normalized spacial score (nSPS) is 19.1. The minimum absolute atomic E-state index is 0.331. The van der Waals surface area contributed by atoms with Gasteiger partial charge in [0.05, 0.1) is 57.7 Å². The highest BCUT2D eigenvalue weighted by Gasteiger charge is 2.58. The number of aliphatic hydroxyl groups excluding tert-OH is 8. The summed E-state index contributed by atoms with van der Waals surface area (Å²) in [5.74, 6) is -9.25. The Bertz CT molecular complexity index is 2910. The van der Waals surface area contributed by atoms with Crippen LogP contribution in [-0.4, -0.2) is 204 Å². The Hall–Kier alpha value is -10.9. The van der Waals surface area contributed by atoms with Gasteiger partial charge in [0.2, 0.25) is 5.79 Å². The Morgan fingerprint density at radius 3 is 0.642 bits per heavy atom. The van der Waals surface area contributed by atoms with Gasteiger partial charge in [-0.25, -0.2) is 38.4 Å². The molecule has 2 heterocycles. The molecule has 0 bridgehead atoms. The molecule has 95 heavy (non-hydrogen) atoms. The maximum atomic E-state index is 10.2.